The standard InChI is InChI=1S/C15H14ClN5O3S/c1-2-24-15-8-11(16)6-7-14(15)18-25(22,23)13-5-3-4-12(9-13)21-10-17-19-20-21/h3-10,18H,2H2,1H3. The normalized spacial score (nSPS) is 11.3. The molecular weight excluding hydrogens is 366 g/mol. The number of sulfonamides is 1. The summed E-state index contributed by atoms with van der Waals surface area (Å²) in [4.78, 5) is 0.0675. The van der Waals surface area contributed by atoms with Crippen LogP contribution >= 0.6 is 11.6 Å². The summed E-state index contributed by atoms with van der Waals surface area (Å²) in [6.45, 7) is 2.18. The Kier molecular flexibility index (Phi) is 4.86. The number of nitrogens with one attached hydrogen (secondary N) is 1. The van der Waals surface area contributed by atoms with Gasteiger partial charge >= 0.3 is 0 Å². The highest BCUT2D eigenvalue weighted by Crippen LogP contribution is 2.30. The Morgan fingerprint density at radius 3 is 2.80 bits per heavy atom. The van der Waals surface area contributed by atoms with Crippen molar-refractivity contribution < 1.29 is 13.2 Å². The van der Waals surface area contributed by atoms with Gasteiger partial charge in [0.25, 0.3) is 10.0 Å². The van der Waals surface area contributed by atoms with Gasteiger partial charge in [-0.15, -0.1) is 5.10 Å². The molecule has 0 spiro atoms. The van der Waals surface area contributed by atoms with E-state index in [1.807, 2.05) is 0 Å². The van der Waals surface area contributed by atoms with E-state index in [9.17, 15) is 8.42 Å². The number of halogens is 1. The lowest BCUT2D eigenvalue weighted by Crippen LogP contribution is -2.14. The van der Waals surface area contributed by atoms with Crippen LogP contribution in [-0.4, -0.2) is 35.2 Å². The van der Waals surface area contributed by atoms with E-state index < -0.39 is 10.0 Å². The van der Waals surface area contributed by atoms with E-state index in [1.165, 1.54) is 23.1 Å². The highest BCUT2D eigenvalue weighted by molar-refractivity contribution is 7.92. The summed E-state index contributed by atoms with van der Waals surface area (Å²) >= 11 is 5.94. The molecule has 3 aromatic rings. The smallest absolute Gasteiger partial charge is 0.262 e. The number of benzene rings is 2. The zero-order valence-corrected chi connectivity index (χ0v) is 14.7. The highest BCUT2D eigenvalue weighted by Gasteiger charge is 2.18. The van der Waals surface area contributed by atoms with Gasteiger partial charge in [0.15, 0.2) is 0 Å². The Balaban J connectivity index is 1.94. The van der Waals surface area contributed by atoms with Gasteiger partial charge in [0, 0.05) is 11.1 Å². The predicted octanol–water partition coefficient (Wildman–Crippen LogP) is 2.52. The molecule has 1 N–H and O–H groups in total. The molecule has 130 valence electrons. The number of hydrogen-bond donors (Lipinski definition) is 1. The molecule has 0 radical (unpaired) electrons. The molecule has 1 heterocycles. The maximum atomic E-state index is 12.7. The van der Waals surface area contributed by atoms with Crippen LogP contribution in [0.4, 0.5) is 5.69 Å². The van der Waals surface area contributed by atoms with Crippen LogP contribution in [0.25, 0.3) is 5.69 Å². The molecule has 0 saturated heterocycles. The first-order valence-electron chi connectivity index (χ1n) is 7.28. The molecular formula is C15H14ClN5O3S. The topological polar surface area (TPSA) is 99.0 Å². The molecule has 0 aliphatic heterocycles. The van der Waals surface area contributed by atoms with E-state index in [0.717, 1.165) is 0 Å². The minimum absolute atomic E-state index is 0.0675. The van der Waals surface area contributed by atoms with E-state index in [1.54, 1.807) is 37.3 Å². The third kappa shape index (κ3) is 3.89. The van der Waals surface area contributed by atoms with Crippen LogP contribution in [0.3, 0.4) is 0 Å². The molecule has 3 rings (SSSR count). The van der Waals surface area contributed by atoms with Gasteiger partial charge < -0.3 is 4.74 Å². The molecule has 0 aliphatic rings. The van der Waals surface area contributed by atoms with Crippen molar-refractivity contribution in [3.8, 4) is 11.4 Å². The van der Waals surface area contributed by atoms with E-state index in [0.29, 0.717) is 28.8 Å². The fourth-order valence-electron chi connectivity index (χ4n) is 2.13. The maximum absolute atomic E-state index is 12.7. The Labute approximate surface area is 149 Å². The third-order valence-electron chi connectivity index (χ3n) is 3.23. The molecule has 0 bridgehead atoms. The van der Waals surface area contributed by atoms with Crippen molar-refractivity contribution in [3.05, 3.63) is 53.8 Å². The molecule has 0 atom stereocenters. The van der Waals surface area contributed by atoms with Crippen LogP contribution in [0.15, 0.2) is 53.7 Å². The van der Waals surface area contributed by atoms with Crippen molar-refractivity contribution in [1.82, 2.24) is 20.2 Å². The van der Waals surface area contributed by atoms with Crippen LogP contribution in [0.5, 0.6) is 5.75 Å². The van der Waals surface area contributed by atoms with Gasteiger partial charge in [0.1, 0.15) is 12.1 Å². The lowest BCUT2D eigenvalue weighted by molar-refractivity contribution is 0.342. The molecule has 0 saturated carbocycles. The molecule has 1 aromatic heterocycles. The number of ether oxygens (including phenoxy) is 1. The number of hydrogen-bond acceptors (Lipinski definition) is 6. The van der Waals surface area contributed by atoms with Crippen LogP contribution < -0.4 is 9.46 Å². The first kappa shape index (κ1) is 17.2. The second kappa shape index (κ2) is 7.08. The van der Waals surface area contributed by atoms with Crippen LogP contribution in [-0.2, 0) is 10.0 Å². The van der Waals surface area contributed by atoms with Gasteiger partial charge in [-0.2, -0.15) is 0 Å². The summed E-state index contributed by atoms with van der Waals surface area (Å²) < 4.78 is 34.7. The van der Waals surface area contributed by atoms with Gasteiger partial charge in [-0.05, 0) is 47.7 Å². The molecule has 8 nitrogen and oxygen atoms in total. The molecule has 25 heavy (non-hydrogen) atoms. The van der Waals surface area contributed by atoms with Crippen LogP contribution in [0.2, 0.25) is 5.02 Å². The van der Waals surface area contributed by atoms with E-state index in [4.69, 9.17) is 16.3 Å². The predicted molar refractivity (Wildman–Crippen MR) is 92.6 cm³/mol. The Bertz CT molecular complexity index is 977. The first-order chi connectivity index (χ1) is 12.0. The van der Waals surface area contributed by atoms with Crippen LogP contribution in [0, 0.1) is 0 Å². The summed E-state index contributed by atoms with van der Waals surface area (Å²) in [5.74, 6) is 0.357. The molecule has 2 aromatic carbocycles. The van der Waals surface area contributed by atoms with Gasteiger partial charge in [0.05, 0.1) is 22.9 Å². The molecule has 0 amide bonds. The van der Waals surface area contributed by atoms with Gasteiger partial charge in [-0.25, -0.2) is 13.1 Å². The Hall–Kier alpha value is -2.65. The molecule has 0 fully saturated rings. The van der Waals surface area contributed by atoms with Crippen molar-refractivity contribution in [1.29, 1.82) is 0 Å². The second-order valence-corrected chi connectivity index (χ2v) is 7.05. The van der Waals surface area contributed by atoms with Crippen molar-refractivity contribution in [2.45, 2.75) is 11.8 Å². The fraction of sp³-hybridized carbons (Fsp3) is 0.133. The summed E-state index contributed by atoms with van der Waals surface area (Å²) in [6.07, 6.45) is 1.38. The number of aromatic nitrogens is 4. The Morgan fingerprint density at radius 1 is 1.24 bits per heavy atom. The third-order valence-corrected chi connectivity index (χ3v) is 4.83. The lowest BCUT2D eigenvalue weighted by atomic mass is 10.3. The van der Waals surface area contributed by atoms with Gasteiger partial charge in [-0.1, -0.05) is 17.7 Å². The number of rotatable bonds is 6. The van der Waals surface area contributed by atoms with Gasteiger partial charge in [-0.3, -0.25) is 4.72 Å². The van der Waals surface area contributed by atoms with Crippen molar-refractivity contribution in [2.24, 2.45) is 0 Å². The number of nitrogens with zero attached hydrogens (tertiary/aromatic N) is 4. The van der Waals surface area contributed by atoms with Crippen molar-refractivity contribution in [2.75, 3.05) is 11.3 Å². The summed E-state index contributed by atoms with van der Waals surface area (Å²) in [7, 11) is -3.84. The summed E-state index contributed by atoms with van der Waals surface area (Å²) in [5.41, 5.74) is 0.827. The maximum Gasteiger partial charge on any atom is 0.262 e. The minimum atomic E-state index is -3.84. The zero-order valence-electron chi connectivity index (χ0n) is 13.1. The average molecular weight is 380 g/mol. The largest absolute Gasteiger partial charge is 0.492 e. The lowest BCUT2D eigenvalue weighted by Gasteiger charge is -2.13. The summed E-state index contributed by atoms with van der Waals surface area (Å²) in [5, 5.41) is 11.3. The SMILES string of the molecule is CCOc1cc(Cl)ccc1NS(=O)(=O)c1cccc(-n2cnnn2)c1. The first-order valence-corrected chi connectivity index (χ1v) is 9.14. The monoisotopic (exact) mass is 379 g/mol. The number of anilines is 1. The minimum Gasteiger partial charge on any atom is -0.492 e. The zero-order chi connectivity index (χ0) is 17.9. The fourth-order valence-corrected chi connectivity index (χ4v) is 3.40. The Morgan fingerprint density at radius 2 is 2.08 bits per heavy atom. The molecule has 10 heteroatoms. The average Bonchev–Trinajstić information content (AvgIpc) is 3.12. The number of tetrazole rings is 1. The van der Waals surface area contributed by atoms with Crippen molar-refractivity contribution in [3.63, 3.8) is 0 Å². The molecule has 0 unspecified atom stereocenters. The van der Waals surface area contributed by atoms with E-state index in [-0.39, 0.29) is 4.90 Å². The van der Waals surface area contributed by atoms with E-state index in [2.05, 4.69) is 20.2 Å². The highest BCUT2D eigenvalue weighted by atomic mass is 35.5. The second-order valence-electron chi connectivity index (χ2n) is 4.93. The summed E-state index contributed by atoms with van der Waals surface area (Å²) in [6, 6.07) is 10.9. The van der Waals surface area contributed by atoms with Crippen LogP contribution in [0.1, 0.15) is 6.92 Å². The van der Waals surface area contributed by atoms with Gasteiger partial charge in [0.2, 0.25) is 0 Å². The van der Waals surface area contributed by atoms with Crippen molar-refractivity contribution >= 4 is 27.3 Å². The van der Waals surface area contributed by atoms with E-state index >= 15 is 0 Å². The quantitative estimate of drug-likeness (QED) is 0.706. The molecule has 0 aliphatic carbocycles.